The van der Waals surface area contributed by atoms with Crippen LogP contribution in [0.1, 0.15) is 0 Å². The molecule has 2 heterocycles. The van der Waals surface area contributed by atoms with Crippen molar-refractivity contribution in [2.75, 3.05) is 0 Å². The topological polar surface area (TPSA) is 34.9 Å². The fourth-order valence-corrected chi connectivity index (χ4v) is 9.77. The molecule has 0 saturated carbocycles. The van der Waals surface area contributed by atoms with Crippen LogP contribution in [0.25, 0.3) is 60.4 Å². The zero-order valence-corrected chi connectivity index (χ0v) is 26.4. The molecule has 7 aromatic carbocycles. The molecule has 0 aliphatic carbocycles. The summed E-state index contributed by atoms with van der Waals surface area (Å²) in [6.45, 7) is 0. The van der Waals surface area contributed by atoms with Crippen molar-refractivity contribution in [3.63, 3.8) is 0 Å². The van der Waals surface area contributed by atoms with E-state index in [0.29, 0.717) is 0 Å². The molecule has 0 unspecified atom stereocenters. The van der Waals surface area contributed by atoms with Crippen molar-refractivity contribution in [3.8, 4) is 16.9 Å². The molecule has 0 fully saturated rings. The molecule has 9 aromatic rings. The number of hydrogen-bond donors (Lipinski definition) is 0. The summed E-state index contributed by atoms with van der Waals surface area (Å²) in [5, 5.41) is 8.22. The van der Waals surface area contributed by atoms with Crippen LogP contribution in [-0.4, -0.2) is 9.55 Å². The van der Waals surface area contributed by atoms with Gasteiger partial charge in [0, 0.05) is 48.7 Å². The van der Waals surface area contributed by atoms with Crippen LogP contribution in [0, 0.1) is 0 Å². The van der Waals surface area contributed by atoms with E-state index in [4.69, 9.17) is 4.98 Å². The molecule has 0 aliphatic rings. The van der Waals surface area contributed by atoms with Crippen LogP contribution in [0.5, 0.6) is 0 Å². The normalized spacial score (nSPS) is 11.9. The summed E-state index contributed by atoms with van der Waals surface area (Å²) in [6, 6.07) is 60.0. The summed E-state index contributed by atoms with van der Waals surface area (Å²) in [6.07, 6.45) is 0. The Kier molecular flexibility index (Phi) is 6.41. The molecule has 0 bridgehead atoms. The minimum absolute atomic E-state index is 0.801. The van der Waals surface area contributed by atoms with E-state index in [1.165, 1.54) is 10.8 Å². The maximum atomic E-state index is 15.1. The average Bonchev–Trinajstić information content (AvgIpc) is 3.50. The molecular formula is C43H29N2OP. The third kappa shape index (κ3) is 4.28. The van der Waals surface area contributed by atoms with Crippen molar-refractivity contribution in [2.45, 2.75) is 0 Å². The first kappa shape index (κ1) is 27.5. The Morgan fingerprint density at radius 1 is 0.426 bits per heavy atom. The van der Waals surface area contributed by atoms with Gasteiger partial charge in [-0.3, -0.25) is 0 Å². The molecule has 4 heteroatoms. The monoisotopic (exact) mass is 620 g/mol. The van der Waals surface area contributed by atoms with Gasteiger partial charge >= 0.3 is 0 Å². The van der Waals surface area contributed by atoms with E-state index >= 15 is 4.57 Å². The molecule has 9 rings (SSSR count). The van der Waals surface area contributed by atoms with Gasteiger partial charge in [0.1, 0.15) is 0 Å². The Bertz CT molecular complexity index is 2590. The van der Waals surface area contributed by atoms with Crippen molar-refractivity contribution in [3.05, 3.63) is 176 Å². The van der Waals surface area contributed by atoms with Gasteiger partial charge in [0.05, 0.1) is 22.2 Å². The predicted molar refractivity (Wildman–Crippen MR) is 198 cm³/mol. The highest BCUT2D eigenvalue weighted by Crippen LogP contribution is 2.45. The van der Waals surface area contributed by atoms with Crippen molar-refractivity contribution in [2.24, 2.45) is 0 Å². The fourth-order valence-electron chi connectivity index (χ4n) is 7.12. The van der Waals surface area contributed by atoms with Gasteiger partial charge in [-0.2, -0.15) is 0 Å². The summed E-state index contributed by atoms with van der Waals surface area (Å²) in [4.78, 5) is 5.34. The quantitative estimate of drug-likeness (QED) is 0.142. The maximum absolute atomic E-state index is 15.1. The third-order valence-corrected chi connectivity index (χ3v) is 12.3. The lowest BCUT2D eigenvalue weighted by molar-refractivity contribution is 0.592. The van der Waals surface area contributed by atoms with Gasteiger partial charge in [-0.15, -0.1) is 0 Å². The number of hydrogen-bond acceptors (Lipinski definition) is 2. The van der Waals surface area contributed by atoms with Gasteiger partial charge in [-0.1, -0.05) is 146 Å². The zero-order valence-electron chi connectivity index (χ0n) is 25.5. The van der Waals surface area contributed by atoms with E-state index in [-0.39, 0.29) is 0 Å². The second-order valence-electron chi connectivity index (χ2n) is 11.9. The molecule has 0 aliphatic heterocycles. The van der Waals surface area contributed by atoms with E-state index in [9.17, 15) is 0 Å². The van der Waals surface area contributed by atoms with Gasteiger partial charge in [0.15, 0.2) is 7.14 Å². The number of pyridine rings is 1. The number of benzene rings is 7. The summed E-state index contributed by atoms with van der Waals surface area (Å²) in [7, 11) is -3.10. The van der Waals surface area contributed by atoms with E-state index in [2.05, 4.69) is 102 Å². The Labute approximate surface area is 272 Å². The largest absolute Gasteiger partial charge is 0.309 e. The van der Waals surface area contributed by atoms with Crippen molar-refractivity contribution in [1.82, 2.24) is 9.55 Å². The van der Waals surface area contributed by atoms with Crippen LogP contribution in [0.2, 0.25) is 0 Å². The van der Waals surface area contributed by atoms with Crippen LogP contribution in [-0.2, 0) is 4.57 Å². The van der Waals surface area contributed by atoms with Crippen LogP contribution >= 0.6 is 7.14 Å². The maximum Gasteiger partial charge on any atom is 0.171 e. The van der Waals surface area contributed by atoms with Crippen molar-refractivity contribution >= 4 is 66.5 Å². The Morgan fingerprint density at radius 2 is 0.979 bits per heavy atom. The zero-order chi connectivity index (χ0) is 31.4. The molecule has 47 heavy (non-hydrogen) atoms. The highest BCUT2D eigenvalue weighted by Gasteiger charge is 2.29. The molecule has 3 nitrogen and oxygen atoms in total. The molecular weight excluding hydrogens is 591 g/mol. The van der Waals surface area contributed by atoms with Crippen LogP contribution in [0.4, 0.5) is 0 Å². The summed E-state index contributed by atoms with van der Waals surface area (Å²) in [5.41, 5.74) is 6.27. The smallest absolute Gasteiger partial charge is 0.171 e. The van der Waals surface area contributed by atoms with E-state index < -0.39 is 7.14 Å². The molecule has 0 radical (unpaired) electrons. The lowest BCUT2D eigenvalue weighted by atomic mass is 9.96. The van der Waals surface area contributed by atoms with Crippen LogP contribution < -0.4 is 15.9 Å². The van der Waals surface area contributed by atoms with Crippen LogP contribution in [0.15, 0.2) is 176 Å². The van der Waals surface area contributed by atoms with Gasteiger partial charge in [0.2, 0.25) is 0 Å². The lowest BCUT2D eigenvalue weighted by Crippen LogP contribution is -2.24. The molecule has 0 spiro atoms. The second-order valence-corrected chi connectivity index (χ2v) is 14.6. The molecule has 0 amide bonds. The first-order valence-corrected chi connectivity index (χ1v) is 17.5. The first-order chi connectivity index (χ1) is 23.2. The van der Waals surface area contributed by atoms with Gasteiger partial charge < -0.3 is 9.13 Å². The number of aromatic nitrogens is 2. The molecule has 0 saturated heterocycles. The summed E-state index contributed by atoms with van der Waals surface area (Å²) < 4.78 is 17.4. The van der Waals surface area contributed by atoms with Gasteiger partial charge in [0.25, 0.3) is 0 Å². The average molecular weight is 621 g/mol. The van der Waals surface area contributed by atoms with Crippen molar-refractivity contribution < 1.29 is 4.57 Å². The number of nitrogens with zero attached hydrogens (tertiary/aromatic N) is 2. The van der Waals surface area contributed by atoms with E-state index in [0.717, 1.165) is 65.6 Å². The van der Waals surface area contributed by atoms with E-state index in [1.807, 2.05) is 78.9 Å². The number of para-hydroxylation sites is 3. The molecule has 0 atom stereocenters. The summed E-state index contributed by atoms with van der Waals surface area (Å²) in [5.74, 6) is 0. The van der Waals surface area contributed by atoms with Crippen LogP contribution in [0.3, 0.4) is 0 Å². The minimum atomic E-state index is -3.10. The van der Waals surface area contributed by atoms with E-state index in [1.54, 1.807) is 0 Å². The minimum Gasteiger partial charge on any atom is -0.309 e. The number of fused-ring (bicyclic) bond motifs is 7. The first-order valence-electron chi connectivity index (χ1n) is 15.8. The molecule has 2 aromatic heterocycles. The highest BCUT2D eigenvalue weighted by atomic mass is 31.2. The predicted octanol–water partition coefficient (Wildman–Crippen LogP) is 9.79. The van der Waals surface area contributed by atoms with Gasteiger partial charge in [-0.05, 0) is 35.7 Å². The lowest BCUT2D eigenvalue weighted by Gasteiger charge is -2.20. The highest BCUT2D eigenvalue weighted by molar-refractivity contribution is 7.85. The summed E-state index contributed by atoms with van der Waals surface area (Å²) >= 11 is 0. The fraction of sp³-hybridized carbons (Fsp3) is 0. The Hall–Kier alpha value is -5.76. The SMILES string of the molecule is O=P(c1ccccc1)(c1ccccc1)c1ccc(-c2nc3ccccc3c3ccc4c(c5ccccc5n4-c4ccccc4)c23)cc1. The molecule has 222 valence electrons. The number of rotatable bonds is 5. The van der Waals surface area contributed by atoms with Crippen molar-refractivity contribution in [1.29, 1.82) is 0 Å². The Morgan fingerprint density at radius 3 is 1.66 bits per heavy atom. The Balaban J connectivity index is 1.34. The third-order valence-electron chi connectivity index (χ3n) is 9.26. The molecule has 0 N–H and O–H groups in total. The second kappa shape index (κ2) is 10.9. The standard InChI is InChI=1S/C43H29N2OP/c46-47(32-16-6-2-7-17-32,33-18-8-3-9-19-33)34-26-24-30(25-27-34)43-42-36(35-20-10-12-22-38(35)44-43)28-29-40-41(42)37-21-11-13-23-39(37)45(40)31-14-4-1-5-15-31/h1-29H. The van der Waals surface area contributed by atoms with Gasteiger partial charge in [-0.25, -0.2) is 4.98 Å².